The molecule has 1 spiro atoms. The van der Waals surface area contributed by atoms with Crippen molar-refractivity contribution in [3.05, 3.63) is 52.8 Å². The second-order valence-corrected chi connectivity index (χ2v) is 11.0. The first-order chi connectivity index (χ1) is 17.3. The summed E-state index contributed by atoms with van der Waals surface area (Å²) in [5.41, 5.74) is 2.77. The maximum Gasteiger partial charge on any atom is 0.235 e. The van der Waals surface area contributed by atoms with E-state index in [2.05, 4.69) is 21.3 Å². The van der Waals surface area contributed by atoms with Gasteiger partial charge in [-0.25, -0.2) is 4.98 Å². The quantitative estimate of drug-likeness (QED) is 0.543. The van der Waals surface area contributed by atoms with Gasteiger partial charge >= 0.3 is 0 Å². The predicted molar refractivity (Wildman–Crippen MR) is 136 cm³/mol. The molecule has 0 unspecified atom stereocenters. The van der Waals surface area contributed by atoms with Gasteiger partial charge in [0.1, 0.15) is 18.4 Å². The number of amides is 1. The number of carbonyl (C=O) groups excluding carboxylic acids is 1. The Kier molecular flexibility index (Phi) is 5.48. The second kappa shape index (κ2) is 8.48. The van der Waals surface area contributed by atoms with Gasteiger partial charge in [-0.1, -0.05) is 11.6 Å². The molecule has 6 rings (SSSR count). The Morgan fingerprint density at radius 1 is 1.28 bits per heavy atom. The number of aliphatic hydroxyl groups is 1. The highest BCUT2D eigenvalue weighted by molar-refractivity contribution is 6.31. The van der Waals surface area contributed by atoms with E-state index in [4.69, 9.17) is 16.3 Å². The average molecular weight is 506 g/mol. The minimum absolute atomic E-state index is 0.0676. The first-order valence-electron chi connectivity index (χ1n) is 12.4. The van der Waals surface area contributed by atoms with E-state index < -0.39 is 11.0 Å². The van der Waals surface area contributed by atoms with Crippen molar-refractivity contribution in [1.29, 1.82) is 5.26 Å². The van der Waals surface area contributed by atoms with E-state index >= 15 is 0 Å². The Morgan fingerprint density at radius 3 is 2.78 bits per heavy atom. The van der Waals surface area contributed by atoms with Crippen LogP contribution in [0.4, 0.5) is 5.69 Å². The lowest BCUT2D eigenvalue weighted by Gasteiger charge is -2.41. The van der Waals surface area contributed by atoms with Crippen molar-refractivity contribution in [1.82, 2.24) is 14.5 Å². The van der Waals surface area contributed by atoms with Gasteiger partial charge < -0.3 is 19.7 Å². The SMILES string of the molecule is C[C@]1(O)C[C@@H](n2cnc3cc(OCCN4CCC5(CC4)C(=O)Nc4ccc(Cl)cc45)cc(C#N)c32)C1. The lowest BCUT2D eigenvalue weighted by Crippen LogP contribution is -2.47. The molecule has 0 bridgehead atoms. The van der Waals surface area contributed by atoms with E-state index in [0.29, 0.717) is 35.8 Å². The third-order valence-electron chi connectivity index (χ3n) is 8.07. The van der Waals surface area contributed by atoms with Gasteiger partial charge in [-0.15, -0.1) is 0 Å². The molecule has 1 saturated carbocycles. The fourth-order valence-corrected chi connectivity index (χ4v) is 6.25. The fourth-order valence-electron chi connectivity index (χ4n) is 6.08. The zero-order valence-electron chi connectivity index (χ0n) is 20.1. The summed E-state index contributed by atoms with van der Waals surface area (Å²) in [5.74, 6) is 0.690. The number of nitriles is 1. The van der Waals surface area contributed by atoms with E-state index in [-0.39, 0.29) is 11.9 Å². The molecule has 0 radical (unpaired) electrons. The van der Waals surface area contributed by atoms with Gasteiger partial charge in [-0.05, 0) is 69.5 Å². The number of aromatic nitrogens is 2. The summed E-state index contributed by atoms with van der Waals surface area (Å²) in [4.78, 5) is 19.7. The number of halogens is 1. The highest BCUT2D eigenvalue weighted by Gasteiger charge is 2.48. The molecule has 1 aliphatic carbocycles. The molecule has 1 aromatic heterocycles. The molecule has 2 aromatic carbocycles. The van der Waals surface area contributed by atoms with Crippen LogP contribution in [-0.4, -0.2) is 57.3 Å². The number of nitrogens with zero attached hydrogens (tertiary/aromatic N) is 4. The number of likely N-dealkylation sites (tertiary alicyclic amines) is 1. The number of hydrogen-bond donors (Lipinski definition) is 2. The van der Waals surface area contributed by atoms with E-state index in [9.17, 15) is 15.2 Å². The van der Waals surface area contributed by atoms with E-state index in [1.165, 1.54) is 0 Å². The zero-order chi connectivity index (χ0) is 25.1. The number of carbonyl (C=O) groups is 1. The maximum atomic E-state index is 12.8. The summed E-state index contributed by atoms with van der Waals surface area (Å²) in [5, 5.41) is 23.6. The van der Waals surface area contributed by atoms with Crippen molar-refractivity contribution in [3.8, 4) is 11.8 Å². The van der Waals surface area contributed by atoms with Crippen molar-refractivity contribution < 1.29 is 14.6 Å². The molecule has 9 heteroatoms. The third-order valence-corrected chi connectivity index (χ3v) is 8.31. The molecule has 2 aliphatic heterocycles. The molecule has 0 atom stereocenters. The van der Waals surface area contributed by atoms with Crippen LogP contribution in [0.1, 0.15) is 49.8 Å². The summed E-state index contributed by atoms with van der Waals surface area (Å²) in [6.45, 7) is 4.62. The summed E-state index contributed by atoms with van der Waals surface area (Å²) in [7, 11) is 0. The van der Waals surface area contributed by atoms with Gasteiger partial charge in [0.2, 0.25) is 5.91 Å². The molecule has 3 heterocycles. The number of rotatable bonds is 5. The summed E-state index contributed by atoms with van der Waals surface area (Å²) < 4.78 is 8.04. The Morgan fingerprint density at radius 2 is 2.06 bits per heavy atom. The molecule has 8 nitrogen and oxygen atoms in total. The van der Waals surface area contributed by atoms with Crippen LogP contribution in [0.3, 0.4) is 0 Å². The zero-order valence-corrected chi connectivity index (χ0v) is 20.9. The van der Waals surface area contributed by atoms with Crippen LogP contribution < -0.4 is 10.1 Å². The fraction of sp³-hybridized carbons (Fsp3) is 0.444. The summed E-state index contributed by atoms with van der Waals surface area (Å²) in [6, 6.07) is 11.7. The Hall–Kier alpha value is -3.12. The third kappa shape index (κ3) is 3.83. The maximum absolute atomic E-state index is 12.8. The number of anilines is 1. The topological polar surface area (TPSA) is 103 Å². The highest BCUT2D eigenvalue weighted by Crippen LogP contribution is 2.46. The van der Waals surface area contributed by atoms with Crippen molar-refractivity contribution in [3.63, 3.8) is 0 Å². The van der Waals surface area contributed by atoms with Crippen LogP contribution >= 0.6 is 11.6 Å². The van der Waals surface area contributed by atoms with Gasteiger partial charge in [-0.3, -0.25) is 9.69 Å². The lowest BCUT2D eigenvalue weighted by molar-refractivity contribution is -0.122. The monoisotopic (exact) mass is 505 g/mol. The number of piperidine rings is 1. The van der Waals surface area contributed by atoms with E-state index in [1.807, 2.05) is 35.8 Å². The number of benzene rings is 2. The standard InChI is InChI=1S/C27H28ClN5O3/c1-26(35)13-19(14-26)33-16-30-23-12-20(10-17(15-29)24(23)33)36-9-8-32-6-4-27(5-7-32)21-11-18(28)2-3-22(21)31-25(27)34/h2-3,10-12,16,19,35H,4-9,13-14H2,1H3,(H,31,34)/t19-,26+. The number of hydrogen-bond acceptors (Lipinski definition) is 6. The van der Waals surface area contributed by atoms with Crippen molar-refractivity contribution in [2.45, 2.75) is 49.7 Å². The first-order valence-corrected chi connectivity index (χ1v) is 12.8. The van der Waals surface area contributed by atoms with E-state index in [1.54, 1.807) is 12.4 Å². The van der Waals surface area contributed by atoms with Crippen LogP contribution in [0, 0.1) is 11.3 Å². The van der Waals surface area contributed by atoms with Crippen molar-refractivity contribution in [2.75, 3.05) is 31.6 Å². The molecular weight excluding hydrogens is 478 g/mol. The normalized spacial score (nSPS) is 24.8. The largest absolute Gasteiger partial charge is 0.492 e. The smallest absolute Gasteiger partial charge is 0.235 e. The molecule has 1 amide bonds. The first kappa shape index (κ1) is 23.3. The minimum Gasteiger partial charge on any atom is -0.492 e. The van der Waals surface area contributed by atoms with Crippen LogP contribution in [-0.2, 0) is 10.2 Å². The van der Waals surface area contributed by atoms with Gasteiger partial charge in [0.25, 0.3) is 0 Å². The molecular formula is C27H28ClN5O3. The molecule has 36 heavy (non-hydrogen) atoms. The Bertz CT molecular complexity index is 1390. The Balaban J connectivity index is 1.09. The van der Waals surface area contributed by atoms with Crippen molar-refractivity contribution >= 4 is 34.2 Å². The average Bonchev–Trinajstić information content (AvgIpc) is 3.37. The Labute approximate surface area is 214 Å². The molecule has 2 fully saturated rings. The molecule has 3 aliphatic rings. The molecule has 186 valence electrons. The van der Waals surface area contributed by atoms with Gasteiger partial charge in [0.15, 0.2) is 0 Å². The molecule has 1 saturated heterocycles. The number of nitrogens with one attached hydrogen (secondary N) is 1. The highest BCUT2D eigenvalue weighted by atomic mass is 35.5. The molecule has 3 aromatic rings. The van der Waals surface area contributed by atoms with Crippen molar-refractivity contribution in [2.24, 2.45) is 0 Å². The predicted octanol–water partition coefficient (Wildman–Crippen LogP) is 4.01. The van der Waals surface area contributed by atoms with Gasteiger partial charge in [0.05, 0.1) is 33.9 Å². The summed E-state index contributed by atoms with van der Waals surface area (Å²) >= 11 is 6.22. The van der Waals surface area contributed by atoms with Gasteiger partial charge in [-0.2, -0.15) is 5.26 Å². The van der Waals surface area contributed by atoms with E-state index in [0.717, 1.165) is 54.8 Å². The van der Waals surface area contributed by atoms with Crippen LogP contribution in [0.2, 0.25) is 5.02 Å². The number of imidazole rings is 1. The van der Waals surface area contributed by atoms with Gasteiger partial charge in [0, 0.05) is 35.4 Å². The number of fused-ring (bicyclic) bond motifs is 3. The molecule has 2 N–H and O–H groups in total. The summed E-state index contributed by atoms with van der Waals surface area (Å²) in [6.07, 6.45) is 4.53. The minimum atomic E-state index is -0.650. The number of ether oxygens (including phenoxy) is 1. The van der Waals surface area contributed by atoms with Crippen LogP contribution in [0.25, 0.3) is 11.0 Å². The van der Waals surface area contributed by atoms with Crippen LogP contribution in [0.5, 0.6) is 5.75 Å². The van der Waals surface area contributed by atoms with Crippen LogP contribution in [0.15, 0.2) is 36.7 Å². The lowest BCUT2D eigenvalue weighted by atomic mass is 9.73. The second-order valence-electron chi connectivity index (χ2n) is 10.6.